The predicted molar refractivity (Wildman–Crippen MR) is 203 cm³/mol. The molecule has 13 nitrogen and oxygen atoms in total. The van der Waals surface area contributed by atoms with Crippen LogP contribution in [0, 0.1) is 0 Å². The Balaban J connectivity index is 0.000000764. The Morgan fingerprint density at radius 3 is 1.22 bits per heavy atom. The van der Waals surface area contributed by atoms with Crippen LogP contribution in [-0.4, -0.2) is 131 Å². The third kappa shape index (κ3) is 28.2. The minimum Gasteiger partial charge on any atom is -0.412 e. The van der Waals surface area contributed by atoms with Crippen LogP contribution in [0.25, 0.3) is 12.2 Å². The smallest absolute Gasteiger partial charge is 0.261 e. The summed E-state index contributed by atoms with van der Waals surface area (Å²) in [5, 5.41) is 2.02. The molecule has 0 atom stereocenters. The number of rotatable bonds is 10. The number of ether oxygens (including phenoxy) is 2. The van der Waals surface area contributed by atoms with Crippen LogP contribution in [0.15, 0.2) is 48.6 Å². The van der Waals surface area contributed by atoms with E-state index >= 15 is 0 Å². The van der Waals surface area contributed by atoms with Crippen molar-refractivity contribution >= 4 is 90.4 Å². The molecule has 51 heavy (non-hydrogen) atoms. The molecular weight excluding hydrogens is 794 g/mol. The van der Waals surface area contributed by atoms with Gasteiger partial charge in [0, 0.05) is 52.1 Å². The van der Waals surface area contributed by atoms with Crippen molar-refractivity contribution < 1.29 is 50.5 Å². The molecule has 0 aliphatic carbocycles. The van der Waals surface area contributed by atoms with Gasteiger partial charge in [0.05, 0.1) is 59.0 Å². The molecule has 2 aliphatic rings. The van der Waals surface area contributed by atoms with E-state index in [0.29, 0.717) is 45.4 Å². The number of hydrogen-bond donors (Lipinski definition) is 2. The van der Waals surface area contributed by atoms with Crippen molar-refractivity contribution in [1.29, 1.82) is 0 Å². The van der Waals surface area contributed by atoms with Gasteiger partial charge in [-0.3, -0.25) is 28.5 Å². The van der Waals surface area contributed by atoms with Gasteiger partial charge in [-0.25, -0.2) is 0 Å². The lowest BCUT2D eigenvalue weighted by atomic mass is 10.1. The Kier molecular flexibility index (Phi) is 24.9. The molecule has 2 fully saturated rings. The summed E-state index contributed by atoms with van der Waals surface area (Å²) in [5.74, 6) is 0.227. The molecule has 2 saturated heterocycles. The zero-order valence-corrected chi connectivity index (χ0v) is 32.8. The highest BCUT2D eigenvalue weighted by Gasteiger charge is 2.12. The van der Waals surface area contributed by atoms with Crippen LogP contribution >= 0.6 is 46.4 Å². The Labute approximate surface area is 319 Å². The van der Waals surface area contributed by atoms with Crippen LogP contribution in [0.2, 0.25) is 20.1 Å². The zero-order chi connectivity index (χ0) is 37.7. The fraction of sp³-hybridized carbons (Fsp3) is 0.438. The second-order valence-corrected chi connectivity index (χ2v) is 15.4. The molecule has 288 valence electrons. The highest BCUT2D eigenvalue weighted by molar-refractivity contribution is 7.85. The molecule has 0 amide bonds. The van der Waals surface area contributed by atoms with Gasteiger partial charge in [0.1, 0.15) is 0 Å². The quantitative estimate of drug-likeness (QED) is 0.246. The molecule has 19 heteroatoms. The summed E-state index contributed by atoms with van der Waals surface area (Å²) in [6, 6.07) is 10.6. The second-order valence-electron chi connectivity index (χ2n) is 10.8. The minimum absolute atomic E-state index is 0. The third-order valence-corrected chi connectivity index (χ3v) is 7.84. The number of benzene rings is 2. The van der Waals surface area contributed by atoms with E-state index in [1.54, 1.807) is 48.6 Å². The van der Waals surface area contributed by atoms with E-state index in [1.165, 1.54) is 0 Å². The lowest BCUT2D eigenvalue weighted by molar-refractivity contribution is -0.115. The SMILES string of the molecule is CS(=O)(=O)O.CS(=O)(=O)O.O.O=C(C=Cc1ccc(Cl)c(Cl)c1)CCN1CCOCC1.O=C(C=Cc1ccc(Cl)c(Cl)c1)CCN1CCOCC1. The number of nitrogens with zero attached hydrogens (tertiary/aromatic N) is 2. The Hall–Kier alpha value is -1.96. The van der Waals surface area contributed by atoms with Crippen LogP contribution in [0.4, 0.5) is 0 Å². The van der Waals surface area contributed by atoms with Crippen molar-refractivity contribution in [3.63, 3.8) is 0 Å². The monoisotopic (exact) mass is 836 g/mol. The maximum atomic E-state index is 11.8. The molecule has 2 aromatic rings. The fourth-order valence-electron chi connectivity index (χ4n) is 3.96. The lowest BCUT2D eigenvalue weighted by Crippen LogP contribution is -2.37. The molecule has 0 unspecified atom stereocenters. The first-order valence-corrected chi connectivity index (χ1v) is 20.3. The third-order valence-electron chi connectivity index (χ3n) is 6.37. The standard InChI is InChI=1S/2C15H17Cl2NO2.2CH4O3S.H2O/c2*16-14-4-2-12(11-15(14)17)1-3-13(19)5-6-18-7-9-20-10-8-18;2*1-5(2,3)4;/h2*1-4,11H,5-10H2;2*1H3,(H,2,3,4);1H2. The zero-order valence-electron chi connectivity index (χ0n) is 28.1. The van der Waals surface area contributed by atoms with Crippen LogP contribution in [0.3, 0.4) is 0 Å². The van der Waals surface area contributed by atoms with E-state index in [0.717, 1.165) is 76.8 Å². The molecule has 4 rings (SSSR count). The number of hydrogen-bond acceptors (Lipinski definition) is 10. The summed E-state index contributed by atoms with van der Waals surface area (Å²) in [5.41, 5.74) is 1.75. The minimum atomic E-state index is -3.67. The number of carbonyl (C=O) groups is 2. The summed E-state index contributed by atoms with van der Waals surface area (Å²) in [6.07, 6.45) is 9.21. The fourth-order valence-corrected chi connectivity index (χ4v) is 4.58. The molecule has 0 bridgehead atoms. The first-order valence-electron chi connectivity index (χ1n) is 15.1. The first-order chi connectivity index (χ1) is 23.3. The number of carbonyl (C=O) groups excluding carboxylic acids is 2. The maximum absolute atomic E-state index is 11.8. The van der Waals surface area contributed by atoms with Gasteiger partial charge in [-0.1, -0.05) is 70.7 Å². The average molecular weight is 839 g/mol. The van der Waals surface area contributed by atoms with Gasteiger partial charge in [0.25, 0.3) is 20.2 Å². The van der Waals surface area contributed by atoms with E-state index < -0.39 is 20.2 Å². The molecule has 4 N–H and O–H groups in total. The van der Waals surface area contributed by atoms with Gasteiger partial charge in [-0.2, -0.15) is 16.8 Å². The molecule has 2 heterocycles. The van der Waals surface area contributed by atoms with Crippen molar-refractivity contribution in [2.24, 2.45) is 0 Å². The molecule has 0 radical (unpaired) electrons. The van der Waals surface area contributed by atoms with Crippen molar-refractivity contribution in [1.82, 2.24) is 9.80 Å². The van der Waals surface area contributed by atoms with Gasteiger partial charge in [0.15, 0.2) is 11.6 Å². The van der Waals surface area contributed by atoms with Crippen LogP contribution < -0.4 is 0 Å². The first kappa shape index (κ1) is 49.0. The predicted octanol–water partition coefficient (Wildman–Crippen LogP) is 4.78. The molecule has 0 aromatic heterocycles. The summed E-state index contributed by atoms with van der Waals surface area (Å²) in [6.45, 7) is 8.23. The molecule has 2 aromatic carbocycles. The molecular formula is C32H44Cl4N2O11S2. The largest absolute Gasteiger partial charge is 0.412 e. The van der Waals surface area contributed by atoms with Crippen molar-refractivity contribution in [2.45, 2.75) is 12.8 Å². The average Bonchev–Trinajstić information content (AvgIpc) is 3.03. The number of allylic oxidation sites excluding steroid dienone is 2. The van der Waals surface area contributed by atoms with Crippen molar-refractivity contribution in [3.8, 4) is 0 Å². The van der Waals surface area contributed by atoms with E-state index in [-0.39, 0.29) is 17.0 Å². The van der Waals surface area contributed by atoms with Gasteiger partial charge in [-0.05, 0) is 47.5 Å². The number of halogens is 4. The molecule has 0 saturated carbocycles. The summed E-state index contributed by atoms with van der Waals surface area (Å²) in [7, 11) is -7.33. The van der Waals surface area contributed by atoms with E-state index in [4.69, 9.17) is 65.0 Å². The summed E-state index contributed by atoms with van der Waals surface area (Å²) < 4.78 is 62.3. The summed E-state index contributed by atoms with van der Waals surface area (Å²) >= 11 is 23.5. The maximum Gasteiger partial charge on any atom is 0.261 e. The van der Waals surface area contributed by atoms with E-state index in [1.807, 2.05) is 12.1 Å². The van der Waals surface area contributed by atoms with Gasteiger partial charge >= 0.3 is 0 Å². The van der Waals surface area contributed by atoms with Crippen molar-refractivity contribution in [3.05, 3.63) is 79.8 Å². The van der Waals surface area contributed by atoms with Gasteiger partial charge in [-0.15, -0.1) is 0 Å². The molecule has 2 aliphatic heterocycles. The normalized spacial score (nSPS) is 15.4. The Morgan fingerprint density at radius 2 is 0.941 bits per heavy atom. The van der Waals surface area contributed by atoms with E-state index in [9.17, 15) is 26.4 Å². The lowest BCUT2D eigenvalue weighted by Gasteiger charge is -2.25. The number of morpholine rings is 2. The molecule has 0 spiro atoms. The van der Waals surface area contributed by atoms with Gasteiger partial charge < -0.3 is 14.9 Å². The van der Waals surface area contributed by atoms with Crippen LogP contribution in [-0.2, 0) is 39.3 Å². The van der Waals surface area contributed by atoms with Crippen molar-refractivity contribution in [2.75, 3.05) is 78.2 Å². The van der Waals surface area contributed by atoms with Crippen LogP contribution in [0.5, 0.6) is 0 Å². The second kappa shape index (κ2) is 25.9. The highest BCUT2D eigenvalue weighted by atomic mass is 35.5. The van der Waals surface area contributed by atoms with Gasteiger partial charge in [0.2, 0.25) is 0 Å². The Morgan fingerprint density at radius 1 is 0.647 bits per heavy atom. The topological polar surface area (TPSA) is 199 Å². The Bertz CT molecular complexity index is 1510. The summed E-state index contributed by atoms with van der Waals surface area (Å²) in [4.78, 5) is 28.1. The highest BCUT2D eigenvalue weighted by Crippen LogP contribution is 2.24. The van der Waals surface area contributed by atoms with E-state index in [2.05, 4.69) is 9.80 Å². The van der Waals surface area contributed by atoms with Crippen LogP contribution in [0.1, 0.15) is 24.0 Å². The number of ketones is 2.